The average molecular weight is 458 g/mol. The van der Waals surface area contributed by atoms with Gasteiger partial charge in [0, 0.05) is 30.2 Å². The van der Waals surface area contributed by atoms with E-state index in [-0.39, 0.29) is 17.5 Å². The van der Waals surface area contributed by atoms with Gasteiger partial charge in [-0.05, 0) is 19.3 Å². The standard InChI is InChI=1S/C21H18ClF2N7O/c1-30(9-2-3-9)20-18(24)17(22)16(11-5-26-29-19(11)20)13-7-31-8-14(27-15(31)6-25-13)28-21(32)10-4-12(10)23/h5-10,12H,2-4H2,1H3,(H,26,29)(H,28,32)/t10-,12-/m1/s1. The Balaban J connectivity index is 1.42. The zero-order valence-corrected chi connectivity index (χ0v) is 17.7. The van der Waals surface area contributed by atoms with Gasteiger partial charge in [-0.1, -0.05) is 11.6 Å². The number of aromatic nitrogens is 5. The molecular weight excluding hydrogens is 440 g/mol. The SMILES string of the molecule is CN(c1c(F)c(Cl)c(-c2cn3cc(NC(=O)[C@@H]4C[C@H]4F)nc3cn2)c2cn[nH]c12)C1CC1. The molecule has 3 aromatic heterocycles. The van der Waals surface area contributed by atoms with Crippen LogP contribution in [0.1, 0.15) is 19.3 Å². The number of hydrogen-bond acceptors (Lipinski definition) is 5. The Morgan fingerprint density at radius 1 is 1.34 bits per heavy atom. The zero-order chi connectivity index (χ0) is 22.1. The highest BCUT2D eigenvalue weighted by molar-refractivity contribution is 6.35. The summed E-state index contributed by atoms with van der Waals surface area (Å²) < 4.78 is 30.2. The van der Waals surface area contributed by atoms with E-state index >= 15 is 4.39 Å². The minimum Gasteiger partial charge on any atom is -0.367 e. The lowest BCUT2D eigenvalue weighted by Crippen LogP contribution is -2.21. The molecule has 32 heavy (non-hydrogen) atoms. The summed E-state index contributed by atoms with van der Waals surface area (Å²) in [6.07, 6.45) is 7.53. The number of alkyl halides is 1. The Kier molecular flexibility index (Phi) is 4.16. The number of amides is 1. The fourth-order valence-electron chi connectivity index (χ4n) is 4.07. The lowest BCUT2D eigenvalue weighted by atomic mass is 10.0. The molecule has 4 aromatic rings. The summed E-state index contributed by atoms with van der Waals surface area (Å²) in [6, 6.07) is 0.287. The first-order valence-corrected chi connectivity index (χ1v) is 10.7. The van der Waals surface area contributed by atoms with Gasteiger partial charge in [-0.15, -0.1) is 0 Å². The maximum Gasteiger partial charge on any atom is 0.231 e. The fraction of sp³-hybridized carbons (Fsp3) is 0.333. The monoisotopic (exact) mass is 457 g/mol. The number of fused-ring (bicyclic) bond motifs is 2. The number of carbonyl (C=O) groups is 1. The van der Waals surface area contributed by atoms with Gasteiger partial charge in [0.25, 0.3) is 0 Å². The van der Waals surface area contributed by atoms with E-state index < -0.39 is 23.8 Å². The van der Waals surface area contributed by atoms with Gasteiger partial charge >= 0.3 is 0 Å². The molecular formula is C21H18ClF2N7O. The van der Waals surface area contributed by atoms with Gasteiger partial charge in [0.2, 0.25) is 5.91 Å². The highest BCUT2D eigenvalue weighted by Crippen LogP contribution is 2.44. The molecule has 2 aliphatic rings. The number of benzene rings is 1. The number of imidazole rings is 1. The summed E-state index contributed by atoms with van der Waals surface area (Å²) in [4.78, 5) is 22.6. The predicted molar refractivity (Wildman–Crippen MR) is 116 cm³/mol. The summed E-state index contributed by atoms with van der Waals surface area (Å²) in [5.74, 6) is -1.25. The van der Waals surface area contributed by atoms with Gasteiger partial charge in [-0.3, -0.25) is 14.9 Å². The fourth-order valence-corrected chi connectivity index (χ4v) is 4.35. The van der Waals surface area contributed by atoms with Crippen LogP contribution in [0, 0.1) is 11.7 Å². The van der Waals surface area contributed by atoms with Crippen molar-refractivity contribution in [2.75, 3.05) is 17.3 Å². The van der Waals surface area contributed by atoms with Crippen LogP contribution in [0.25, 0.3) is 27.8 Å². The van der Waals surface area contributed by atoms with Gasteiger partial charge in [0.1, 0.15) is 11.9 Å². The van der Waals surface area contributed by atoms with Gasteiger partial charge < -0.3 is 14.6 Å². The molecule has 0 unspecified atom stereocenters. The molecule has 2 aliphatic carbocycles. The Morgan fingerprint density at radius 3 is 2.84 bits per heavy atom. The Labute approximate surface area is 185 Å². The average Bonchev–Trinajstić information content (AvgIpc) is 3.66. The third-order valence-corrected chi connectivity index (χ3v) is 6.47. The van der Waals surface area contributed by atoms with Gasteiger partial charge in [0.05, 0.1) is 40.7 Å². The molecule has 8 nitrogen and oxygen atoms in total. The highest BCUT2D eigenvalue weighted by atomic mass is 35.5. The maximum atomic E-state index is 15.4. The summed E-state index contributed by atoms with van der Waals surface area (Å²) >= 11 is 6.52. The smallest absolute Gasteiger partial charge is 0.231 e. The van der Waals surface area contributed by atoms with E-state index in [1.54, 1.807) is 23.0 Å². The molecule has 6 rings (SSSR count). The number of rotatable bonds is 5. The number of nitrogens with zero attached hydrogens (tertiary/aromatic N) is 5. The topological polar surface area (TPSA) is 91.2 Å². The van der Waals surface area contributed by atoms with Crippen molar-refractivity contribution in [3.05, 3.63) is 35.6 Å². The van der Waals surface area contributed by atoms with Crippen molar-refractivity contribution in [2.24, 2.45) is 5.92 Å². The molecule has 0 bridgehead atoms. The summed E-state index contributed by atoms with van der Waals surface area (Å²) in [6.45, 7) is 0. The van der Waals surface area contributed by atoms with Crippen LogP contribution in [-0.2, 0) is 4.79 Å². The van der Waals surface area contributed by atoms with Crippen LogP contribution in [-0.4, -0.2) is 49.7 Å². The molecule has 3 heterocycles. The molecule has 2 N–H and O–H groups in total. The van der Waals surface area contributed by atoms with Crippen molar-refractivity contribution in [2.45, 2.75) is 31.5 Å². The second-order valence-electron chi connectivity index (χ2n) is 8.36. The zero-order valence-electron chi connectivity index (χ0n) is 16.9. The van der Waals surface area contributed by atoms with Crippen molar-refractivity contribution in [3.63, 3.8) is 0 Å². The predicted octanol–water partition coefficient (Wildman–Crippen LogP) is 3.96. The number of H-pyrrole nitrogens is 1. The van der Waals surface area contributed by atoms with Crippen LogP contribution >= 0.6 is 11.6 Å². The van der Waals surface area contributed by atoms with Crippen LogP contribution in [0.4, 0.5) is 20.3 Å². The number of aromatic amines is 1. The van der Waals surface area contributed by atoms with Crippen molar-refractivity contribution in [3.8, 4) is 11.3 Å². The molecule has 0 spiro atoms. The Bertz CT molecular complexity index is 1400. The first kappa shape index (κ1) is 19.4. The van der Waals surface area contributed by atoms with Crippen molar-refractivity contribution < 1.29 is 13.6 Å². The molecule has 0 radical (unpaired) electrons. The van der Waals surface area contributed by atoms with E-state index in [9.17, 15) is 9.18 Å². The minimum absolute atomic E-state index is 0.0374. The summed E-state index contributed by atoms with van der Waals surface area (Å²) in [5, 5.41) is 10.3. The van der Waals surface area contributed by atoms with Crippen LogP contribution in [0.2, 0.25) is 5.02 Å². The van der Waals surface area contributed by atoms with E-state index in [0.29, 0.717) is 39.3 Å². The third-order valence-electron chi connectivity index (χ3n) is 6.11. The molecule has 2 saturated carbocycles. The number of nitrogens with one attached hydrogen (secondary N) is 2. The molecule has 1 aromatic carbocycles. The van der Waals surface area contributed by atoms with Crippen molar-refractivity contribution in [1.29, 1.82) is 0 Å². The first-order valence-electron chi connectivity index (χ1n) is 10.3. The molecule has 1 amide bonds. The molecule has 0 saturated heterocycles. The molecule has 11 heteroatoms. The summed E-state index contributed by atoms with van der Waals surface area (Å²) in [5.41, 5.74) is 2.27. The molecule has 2 atom stereocenters. The first-order chi connectivity index (χ1) is 15.4. The second-order valence-corrected chi connectivity index (χ2v) is 8.74. The lowest BCUT2D eigenvalue weighted by molar-refractivity contribution is -0.117. The molecule has 164 valence electrons. The van der Waals surface area contributed by atoms with E-state index in [1.165, 1.54) is 6.20 Å². The maximum absolute atomic E-state index is 15.4. The van der Waals surface area contributed by atoms with Crippen molar-refractivity contribution in [1.82, 2.24) is 24.6 Å². The lowest BCUT2D eigenvalue weighted by Gasteiger charge is -2.22. The van der Waals surface area contributed by atoms with Crippen LogP contribution in [0.15, 0.2) is 24.8 Å². The Morgan fingerprint density at radius 2 is 2.12 bits per heavy atom. The minimum atomic E-state index is -1.09. The third kappa shape index (κ3) is 3.01. The molecule has 0 aliphatic heterocycles. The van der Waals surface area contributed by atoms with Crippen molar-refractivity contribution >= 4 is 45.6 Å². The second kappa shape index (κ2) is 6.86. The van der Waals surface area contributed by atoms with E-state index in [0.717, 1.165) is 12.8 Å². The van der Waals surface area contributed by atoms with E-state index in [4.69, 9.17) is 11.6 Å². The van der Waals surface area contributed by atoms with Gasteiger partial charge in [-0.25, -0.2) is 13.8 Å². The van der Waals surface area contributed by atoms with Crippen LogP contribution in [0.3, 0.4) is 0 Å². The summed E-state index contributed by atoms with van der Waals surface area (Å²) in [7, 11) is 1.85. The van der Waals surface area contributed by atoms with E-state index in [2.05, 4.69) is 25.5 Å². The number of carbonyl (C=O) groups excluding carboxylic acids is 1. The number of halogens is 3. The van der Waals surface area contributed by atoms with E-state index in [1.807, 2.05) is 11.9 Å². The van der Waals surface area contributed by atoms with Gasteiger partial charge in [-0.2, -0.15) is 5.10 Å². The van der Waals surface area contributed by atoms with Gasteiger partial charge in [0.15, 0.2) is 17.3 Å². The van der Waals surface area contributed by atoms with Crippen LogP contribution in [0.5, 0.6) is 0 Å². The normalized spacial score (nSPS) is 20.1. The number of hydrogen-bond donors (Lipinski definition) is 2. The molecule has 2 fully saturated rings. The largest absolute Gasteiger partial charge is 0.367 e. The number of anilines is 2. The Hall–Kier alpha value is -3.27. The quantitative estimate of drug-likeness (QED) is 0.473. The van der Waals surface area contributed by atoms with Crippen LogP contribution < -0.4 is 10.2 Å². The highest BCUT2D eigenvalue weighted by Gasteiger charge is 2.43.